The molecule has 2 rings (SSSR count). The van der Waals surface area contributed by atoms with Crippen LogP contribution in [0.1, 0.15) is 10.4 Å². The van der Waals surface area contributed by atoms with Crippen LogP contribution < -0.4 is 10.6 Å². The van der Waals surface area contributed by atoms with Gasteiger partial charge in [-0.2, -0.15) is 13.2 Å². The average Bonchev–Trinajstić information content (AvgIpc) is 2.62. The molecule has 1 aromatic heterocycles. The molecule has 1 aromatic carbocycles. The molecule has 1 unspecified atom stereocenters. The number of rotatable bonds is 5. The molecule has 0 spiro atoms. The van der Waals surface area contributed by atoms with Crippen molar-refractivity contribution in [3.05, 3.63) is 59.2 Å². The highest BCUT2D eigenvalue weighted by Gasteiger charge is 2.63. The third-order valence-corrected chi connectivity index (χ3v) is 3.52. The molecule has 6 nitrogen and oxygen atoms in total. The summed E-state index contributed by atoms with van der Waals surface area (Å²) >= 11 is 5.65. The van der Waals surface area contributed by atoms with Gasteiger partial charge in [-0.15, -0.1) is 0 Å². The molecule has 1 amide bonds. The van der Waals surface area contributed by atoms with Crippen molar-refractivity contribution < 1.29 is 27.5 Å². The number of ether oxygens (including phenoxy) is 1. The van der Waals surface area contributed by atoms with E-state index in [1.165, 1.54) is 30.3 Å². The van der Waals surface area contributed by atoms with Gasteiger partial charge >= 0.3 is 17.8 Å². The van der Waals surface area contributed by atoms with E-state index in [1.807, 2.05) is 5.32 Å². The van der Waals surface area contributed by atoms with E-state index < -0.39 is 23.7 Å². The van der Waals surface area contributed by atoms with Crippen LogP contribution in [0.5, 0.6) is 0 Å². The predicted octanol–water partition coefficient (Wildman–Crippen LogP) is 3.01. The third kappa shape index (κ3) is 4.05. The lowest BCUT2D eigenvalue weighted by Crippen LogP contribution is -2.69. The molecule has 138 valence electrons. The topological polar surface area (TPSA) is 80.3 Å². The second-order valence-electron chi connectivity index (χ2n) is 5.05. The number of carbonyl (C=O) groups excluding carboxylic acids is 2. The highest BCUT2D eigenvalue weighted by Crippen LogP contribution is 2.33. The molecule has 0 aliphatic heterocycles. The molecule has 2 N–H and O–H groups in total. The Morgan fingerprint density at radius 1 is 1.12 bits per heavy atom. The van der Waals surface area contributed by atoms with E-state index in [0.29, 0.717) is 0 Å². The van der Waals surface area contributed by atoms with E-state index in [4.69, 9.17) is 11.6 Å². The number of hydrogen-bond acceptors (Lipinski definition) is 5. The van der Waals surface area contributed by atoms with Crippen LogP contribution in [-0.2, 0) is 9.53 Å². The van der Waals surface area contributed by atoms with Crippen molar-refractivity contribution >= 4 is 29.3 Å². The number of benzene rings is 1. The molecule has 2 aromatic rings. The maximum absolute atomic E-state index is 13.8. The number of aromatic nitrogens is 1. The summed E-state index contributed by atoms with van der Waals surface area (Å²) in [5.74, 6) is -3.23. The van der Waals surface area contributed by atoms with Crippen molar-refractivity contribution in [2.45, 2.75) is 11.8 Å². The van der Waals surface area contributed by atoms with Crippen molar-refractivity contribution in [3.8, 4) is 0 Å². The summed E-state index contributed by atoms with van der Waals surface area (Å²) in [5.41, 5.74) is -3.62. The fourth-order valence-electron chi connectivity index (χ4n) is 2.02. The quantitative estimate of drug-likeness (QED) is 0.609. The number of nitrogens with zero attached hydrogens (tertiary/aromatic N) is 1. The van der Waals surface area contributed by atoms with Crippen LogP contribution in [0.4, 0.5) is 19.0 Å². The van der Waals surface area contributed by atoms with Crippen LogP contribution in [-0.4, -0.2) is 35.8 Å². The van der Waals surface area contributed by atoms with Gasteiger partial charge in [-0.3, -0.25) is 4.79 Å². The zero-order valence-electron chi connectivity index (χ0n) is 13.3. The van der Waals surface area contributed by atoms with Crippen molar-refractivity contribution in [2.24, 2.45) is 0 Å². The molecule has 0 radical (unpaired) electrons. The number of nitrogens with one attached hydrogen (secondary N) is 2. The Morgan fingerprint density at radius 2 is 1.77 bits per heavy atom. The maximum atomic E-state index is 13.8. The van der Waals surface area contributed by atoms with Crippen LogP contribution in [0.15, 0.2) is 48.7 Å². The lowest BCUT2D eigenvalue weighted by atomic mass is 10.1. The summed E-state index contributed by atoms with van der Waals surface area (Å²) in [6.07, 6.45) is -4.16. The van der Waals surface area contributed by atoms with Crippen LogP contribution in [0.25, 0.3) is 0 Å². The van der Waals surface area contributed by atoms with Crippen molar-refractivity contribution in [3.63, 3.8) is 0 Å². The Bertz CT molecular complexity index is 785. The van der Waals surface area contributed by atoms with Crippen LogP contribution in [0, 0.1) is 0 Å². The third-order valence-electron chi connectivity index (χ3n) is 3.30. The Hall–Kier alpha value is -2.81. The average molecular weight is 388 g/mol. The molecule has 0 aliphatic rings. The van der Waals surface area contributed by atoms with Gasteiger partial charge in [0.05, 0.1) is 12.1 Å². The van der Waals surface area contributed by atoms with Gasteiger partial charge in [0.1, 0.15) is 5.82 Å². The van der Waals surface area contributed by atoms with Crippen LogP contribution in [0.3, 0.4) is 0 Å². The number of pyridine rings is 1. The summed E-state index contributed by atoms with van der Waals surface area (Å²) in [7, 11) is 0.772. The maximum Gasteiger partial charge on any atom is 0.441 e. The van der Waals surface area contributed by atoms with Crippen molar-refractivity contribution in [2.75, 3.05) is 12.4 Å². The summed E-state index contributed by atoms with van der Waals surface area (Å²) in [6.45, 7) is 0. The van der Waals surface area contributed by atoms with Gasteiger partial charge in [0.15, 0.2) is 0 Å². The monoisotopic (exact) mass is 387 g/mol. The number of anilines is 1. The van der Waals surface area contributed by atoms with E-state index in [1.54, 1.807) is 11.4 Å². The predicted molar refractivity (Wildman–Crippen MR) is 87.6 cm³/mol. The summed E-state index contributed by atoms with van der Waals surface area (Å²) < 4.78 is 45.8. The molecular weight excluding hydrogens is 375 g/mol. The Balaban J connectivity index is 2.47. The van der Waals surface area contributed by atoms with Crippen molar-refractivity contribution in [1.29, 1.82) is 0 Å². The molecule has 0 bridgehead atoms. The zero-order chi connectivity index (χ0) is 19.4. The van der Waals surface area contributed by atoms with Gasteiger partial charge in [0.2, 0.25) is 0 Å². The number of hydrogen-bond donors (Lipinski definition) is 2. The molecule has 0 saturated heterocycles. The van der Waals surface area contributed by atoms with E-state index in [0.717, 1.165) is 19.4 Å². The fraction of sp³-hybridized carbons (Fsp3) is 0.188. The fourth-order valence-corrected chi connectivity index (χ4v) is 2.13. The van der Waals surface area contributed by atoms with Crippen molar-refractivity contribution in [1.82, 2.24) is 10.3 Å². The number of halogens is 4. The first-order chi connectivity index (χ1) is 12.2. The largest absolute Gasteiger partial charge is 0.466 e. The molecule has 1 atom stereocenters. The van der Waals surface area contributed by atoms with Crippen LogP contribution >= 0.6 is 11.6 Å². The van der Waals surface area contributed by atoms with Crippen LogP contribution in [0.2, 0.25) is 5.02 Å². The zero-order valence-corrected chi connectivity index (χ0v) is 14.1. The van der Waals surface area contributed by atoms with E-state index in [9.17, 15) is 22.8 Å². The number of esters is 1. The molecule has 26 heavy (non-hydrogen) atoms. The van der Waals surface area contributed by atoms with E-state index in [-0.39, 0.29) is 16.4 Å². The highest BCUT2D eigenvalue weighted by atomic mass is 35.5. The first kappa shape index (κ1) is 19.5. The molecule has 0 fully saturated rings. The molecule has 0 saturated carbocycles. The minimum Gasteiger partial charge on any atom is -0.466 e. The number of alkyl halides is 3. The second kappa shape index (κ2) is 7.61. The van der Waals surface area contributed by atoms with Gasteiger partial charge in [0.25, 0.3) is 5.91 Å². The number of methoxy groups -OCH3 is 1. The first-order valence-electron chi connectivity index (χ1n) is 7.12. The van der Waals surface area contributed by atoms with Gasteiger partial charge in [0, 0.05) is 11.8 Å². The first-order valence-corrected chi connectivity index (χ1v) is 7.50. The molecule has 0 aliphatic carbocycles. The minimum absolute atomic E-state index is 0.0732. The van der Waals surface area contributed by atoms with Gasteiger partial charge in [-0.1, -0.05) is 29.8 Å². The summed E-state index contributed by atoms with van der Waals surface area (Å²) in [6, 6.07) is 9.52. The lowest BCUT2D eigenvalue weighted by Gasteiger charge is -2.34. The van der Waals surface area contributed by atoms with Gasteiger partial charge in [-0.05, 0) is 24.3 Å². The number of carbonyl (C=O) groups is 2. The summed E-state index contributed by atoms with van der Waals surface area (Å²) in [5, 5.41) is 3.77. The van der Waals surface area contributed by atoms with E-state index >= 15 is 0 Å². The van der Waals surface area contributed by atoms with Gasteiger partial charge in [-0.25, -0.2) is 9.78 Å². The molecule has 1 heterocycles. The summed E-state index contributed by atoms with van der Waals surface area (Å²) in [4.78, 5) is 28.0. The molecular formula is C16H13ClF3N3O3. The smallest absolute Gasteiger partial charge is 0.441 e. The van der Waals surface area contributed by atoms with Gasteiger partial charge < -0.3 is 15.4 Å². The second-order valence-corrected chi connectivity index (χ2v) is 5.48. The minimum atomic E-state index is -5.24. The normalized spacial score (nSPS) is 13.4. The standard InChI is InChI=1S/C16H13ClF3N3O3/c1-26-14(25)15(16(18,19)20,22-12-8-7-11(17)9-21-12)23-13(24)10-5-3-2-4-6-10/h2-9H,1H3,(H,21,22)(H,23,24). The lowest BCUT2D eigenvalue weighted by molar-refractivity contribution is -0.203. The highest BCUT2D eigenvalue weighted by molar-refractivity contribution is 6.30. The molecule has 10 heteroatoms. The Labute approximate surface area is 151 Å². The SMILES string of the molecule is COC(=O)C(NC(=O)c1ccccc1)(Nc1ccc(Cl)cn1)C(F)(F)F. The Kier molecular flexibility index (Phi) is 5.71. The Morgan fingerprint density at radius 3 is 2.27 bits per heavy atom. The number of amides is 1. The van der Waals surface area contributed by atoms with E-state index in [2.05, 4.69) is 9.72 Å².